The first-order valence-electron chi connectivity index (χ1n) is 7.86. The van der Waals surface area contributed by atoms with E-state index in [2.05, 4.69) is 11.8 Å². The number of piperidine rings is 1. The Morgan fingerprint density at radius 1 is 1.36 bits per heavy atom. The van der Waals surface area contributed by atoms with Crippen LogP contribution in [-0.2, 0) is 6.54 Å². The van der Waals surface area contributed by atoms with Crippen LogP contribution < -0.4 is 5.63 Å². The fourth-order valence-corrected chi connectivity index (χ4v) is 3.40. The number of hydrogen-bond donors (Lipinski definition) is 1. The van der Waals surface area contributed by atoms with Gasteiger partial charge in [-0.3, -0.25) is 4.90 Å². The number of rotatable bonds is 3. The number of aliphatic hydroxyl groups excluding tert-OH is 1. The molecule has 1 fully saturated rings. The summed E-state index contributed by atoms with van der Waals surface area (Å²) >= 11 is 0. The third-order valence-corrected chi connectivity index (χ3v) is 4.62. The molecule has 1 N–H and O–H groups in total. The molecule has 3 rings (SSSR count). The SMILES string of the molecule is Cc1ccc2c(CN3CCCC(C)(CO)C3)cc(=O)oc2c1. The standard InChI is InChI=1S/C18H23NO3/c1-13-4-5-15-14(9-17(21)22-16(15)8-13)10-19-7-3-6-18(2,11-19)12-20/h4-5,8-9,20H,3,6-7,10-12H2,1-2H3. The van der Waals surface area contributed by atoms with Crippen molar-refractivity contribution in [3.05, 3.63) is 45.8 Å². The summed E-state index contributed by atoms with van der Waals surface area (Å²) in [7, 11) is 0. The number of fused-ring (bicyclic) bond motifs is 1. The van der Waals surface area contributed by atoms with Gasteiger partial charge in [0.15, 0.2) is 0 Å². The van der Waals surface area contributed by atoms with Crippen molar-refractivity contribution in [1.82, 2.24) is 4.90 Å². The lowest BCUT2D eigenvalue weighted by Crippen LogP contribution is -2.43. The highest BCUT2D eigenvalue weighted by atomic mass is 16.4. The lowest BCUT2D eigenvalue weighted by molar-refractivity contribution is 0.0430. The molecule has 1 aromatic carbocycles. The van der Waals surface area contributed by atoms with Crippen LogP contribution in [0.1, 0.15) is 30.9 Å². The zero-order chi connectivity index (χ0) is 15.7. The van der Waals surface area contributed by atoms with Crippen LogP contribution >= 0.6 is 0 Å². The summed E-state index contributed by atoms with van der Waals surface area (Å²) < 4.78 is 5.32. The lowest BCUT2D eigenvalue weighted by atomic mass is 9.82. The average molecular weight is 301 g/mol. The van der Waals surface area contributed by atoms with Gasteiger partial charge in [-0.2, -0.15) is 0 Å². The monoisotopic (exact) mass is 301 g/mol. The topological polar surface area (TPSA) is 53.7 Å². The number of aryl methyl sites for hydroxylation is 1. The van der Waals surface area contributed by atoms with E-state index in [-0.39, 0.29) is 17.6 Å². The molecular weight excluding hydrogens is 278 g/mol. The smallest absolute Gasteiger partial charge is 0.336 e. The fraction of sp³-hybridized carbons (Fsp3) is 0.500. The molecule has 1 atom stereocenters. The van der Waals surface area contributed by atoms with Gasteiger partial charge in [0.2, 0.25) is 0 Å². The molecule has 0 aliphatic carbocycles. The van der Waals surface area contributed by atoms with Crippen molar-refractivity contribution < 1.29 is 9.52 Å². The summed E-state index contributed by atoms with van der Waals surface area (Å²) in [6.07, 6.45) is 2.13. The fourth-order valence-electron chi connectivity index (χ4n) is 3.40. The molecule has 0 spiro atoms. The highest BCUT2D eigenvalue weighted by Crippen LogP contribution is 2.30. The quantitative estimate of drug-likeness (QED) is 0.886. The minimum absolute atomic E-state index is 0.0376. The molecular formula is C18H23NO3. The third-order valence-electron chi connectivity index (χ3n) is 4.62. The average Bonchev–Trinajstić information content (AvgIpc) is 2.46. The van der Waals surface area contributed by atoms with E-state index in [4.69, 9.17) is 4.42 Å². The van der Waals surface area contributed by atoms with E-state index in [0.717, 1.165) is 49.0 Å². The van der Waals surface area contributed by atoms with Gasteiger partial charge >= 0.3 is 5.63 Å². The minimum Gasteiger partial charge on any atom is -0.423 e. The Labute approximate surface area is 130 Å². The van der Waals surface area contributed by atoms with Crippen LogP contribution in [-0.4, -0.2) is 29.7 Å². The molecule has 0 saturated carbocycles. The Morgan fingerprint density at radius 2 is 2.18 bits per heavy atom. The summed E-state index contributed by atoms with van der Waals surface area (Å²) in [6, 6.07) is 7.58. The van der Waals surface area contributed by atoms with E-state index in [1.54, 1.807) is 6.07 Å². The number of nitrogens with zero attached hydrogens (tertiary/aromatic N) is 1. The molecule has 2 aromatic rings. The Hall–Kier alpha value is -1.65. The molecule has 0 radical (unpaired) electrons. The second-order valence-corrected chi connectivity index (χ2v) is 6.87. The van der Waals surface area contributed by atoms with E-state index < -0.39 is 0 Å². The molecule has 1 aliphatic heterocycles. The molecule has 1 aromatic heterocycles. The summed E-state index contributed by atoms with van der Waals surface area (Å²) in [5, 5.41) is 10.6. The van der Waals surface area contributed by atoms with Gasteiger partial charge < -0.3 is 9.52 Å². The van der Waals surface area contributed by atoms with Gasteiger partial charge in [-0.15, -0.1) is 0 Å². The van der Waals surface area contributed by atoms with Crippen LogP contribution in [0, 0.1) is 12.3 Å². The molecule has 1 aliphatic rings. The Morgan fingerprint density at radius 3 is 2.95 bits per heavy atom. The van der Waals surface area contributed by atoms with Crippen LogP contribution in [0.15, 0.2) is 33.5 Å². The van der Waals surface area contributed by atoms with Crippen molar-refractivity contribution in [3.8, 4) is 0 Å². The molecule has 2 heterocycles. The predicted molar refractivity (Wildman–Crippen MR) is 86.9 cm³/mol. The molecule has 1 saturated heterocycles. The van der Waals surface area contributed by atoms with Gasteiger partial charge in [0.25, 0.3) is 0 Å². The van der Waals surface area contributed by atoms with Gasteiger partial charge in [0.1, 0.15) is 5.58 Å². The number of aliphatic hydroxyl groups is 1. The first-order valence-corrected chi connectivity index (χ1v) is 7.86. The minimum atomic E-state index is -0.296. The zero-order valence-electron chi connectivity index (χ0n) is 13.3. The van der Waals surface area contributed by atoms with E-state index in [1.807, 2.05) is 25.1 Å². The van der Waals surface area contributed by atoms with Gasteiger partial charge in [0.05, 0.1) is 0 Å². The summed E-state index contributed by atoms with van der Waals surface area (Å²) in [5.74, 6) is 0. The second kappa shape index (κ2) is 5.86. The summed E-state index contributed by atoms with van der Waals surface area (Å²) in [6.45, 7) is 6.91. The molecule has 4 nitrogen and oxygen atoms in total. The van der Waals surface area contributed by atoms with Gasteiger partial charge in [-0.05, 0) is 43.5 Å². The molecule has 4 heteroatoms. The van der Waals surface area contributed by atoms with E-state index in [1.165, 1.54) is 0 Å². The van der Waals surface area contributed by atoms with Crippen LogP contribution in [0.4, 0.5) is 0 Å². The maximum Gasteiger partial charge on any atom is 0.336 e. The number of benzene rings is 1. The van der Waals surface area contributed by atoms with Crippen molar-refractivity contribution in [2.75, 3.05) is 19.7 Å². The number of hydrogen-bond acceptors (Lipinski definition) is 4. The number of likely N-dealkylation sites (tertiary alicyclic amines) is 1. The Balaban J connectivity index is 1.92. The van der Waals surface area contributed by atoms with E-state index in [0.29, 0.717) is 5.58 Å². The van der Waals surface area contributed by atoms with Crippen LogP contribution in [0.5, 0.6) is 0 Å². The normalized spacial score (nSPS) is 23.0. The predicted octanol–water partition coefficient (Wildman–Crippen LogP) is 2.70. The van der Waals surface area contributed by atoms with Crippen molar-refractivity contribution in [2.24, 2.45) is 5.41 Å². The van der Waals surface area contributed by atoms with Crippen molar-refractivity contribution >= 4 is 11.0 Å². The first-order chi connectivity index (χ1) is 10.5. The van der Waals surface area contributed by atoms with E-state index in [9.17, 15) is 9.90 Å². The van der Waals surface area contributed by atoms with Gasteiger partial charge in [0, 0.05) is 36.6 Å². The highest BCUT2D eigenvalue weighted by molar-refractivity contribution is 5.80. The highest BCUT2D eigenvalue weighted by Gasteiger charge is 2.30. The zero-order valence-corrected chi connectivity index (χ0v) is 13.3. The molecule has 0 amide bonds. The third kappa shape index (κ3) is 3.08. The summed E-state index contributed by atoms with van der Waals surface area (Å²) in [4.78, 5) is 14.1. The largest absolute Gasteiger partial charge is 0.423 e. The van der Waals surface area contributed by atoms with Crippen molar-refractivity contribution in [2.45, 2.75) is 33.2 Å². The van der Waals surface area contributed by atoms with Gasteiger partial charge in [-0.25, -0.2) is 4.79 Å². The maximum atomic E-state index is 11.8. The molecule has 118 valence electrons. The van der Waals surface area contributed by atoms with Crippen LogP contribution in [0.25, 0.3) is 11.0 Å². The van der Waals surface area contributed by atoms with Crippen LogP contribution in [0.3, 0.4) is 0 Å². The van der Waals surface area contributed by atoms with Crippen molar-refractivity contribution in [3.63, 3.8) is 0 Å². The maximum absolute atomic E-state index is 11.8. The first kappa shape index (κ1) is 15.3. The molecule has 1 unspecified atom stereocenters. The Bertz CT molecular complexity index is 737. The van der Waals surface area contributed by atoms with Crippen LogP contribution in [0.2, 0.25) is 0 Å². The summed E-state index contributed by atoms with van der Waals surface area (Å²) in [5.41, 5.74) is 2.41. The molecule has 22 heavy (non-hydrogen) atoms. The Kier molecular flexibility index (Phi) is 4.06. The van der Waals surface area contributed by atoms with Crippen molar-refractivity contribution in [1.29, 1.82) is 0 Å². The lowest BCUT2D eigenvalue weighted by Gasteiger charge is -2.39. The molecule has 0 bridgehead atoms. The van der Waals surface area contributed by atoms with E-state index >= 15 is 0 Å². The van der Waals surface area contributed by atoms with Gasteiger partial charge in [-0.1, -0.05) is 19.1 Å². The second-order valence-electron chi connectivity index (χ2n) is 6.87.